The van der Waals surface area contributed by atoms with Crippen LogP contribution in [0.25, 0.3) is 11.0 Å². The van der Waals surface area contributed by atoms with Crippen LogP contribution in [-0.4, -0.2) is 59.5 Å². The third-order valence-electron chi connectivity index (χ3n) is 6.49. The van der Waals surface area contributed by atoms with Gasteiger partial charge >= 0.3 is 0 Å². The van der Waals surface area contributed by atoms with Crippen LogP contribution in [0.3, 0.4) is 0 Å². The second-order valence-corrected chi connectivity index (χ2v) is 8.58. The second kappa shape index (κ2) is 9.82. The minimum atomic E-state index is -0.455. The van der Waals surface area contributed by atoms with Crippen molar-refractivity contribution in [3.05, 3.63) is 42.4 Å². The molecule has 1 aliphatic carbocycles. The third-order valence-corrected chi connectivity index (χ3v) is 6.49. The summed E-state index contributed by atoms with van der Waals surface area (Å²) < 4.78 is 31.4. The van der Waals surface area contributed by atoms with Crippen molar-refractivity contribution in [2.45, 2.75) is 38.2 Å². The molecule has 0 unspecified atom stereocenters. The van der Waals surface area contributed by atoms with E-state index in [-0.39, 0.29) is 12.0 Å². The van der Waals surface area contributed by atoms with Gasteiger partial charge in [-0.2, -0.15) is 9.37 Å². The minimum absolute atomic E-state index is 0.00477. The fraction of sp³-hybridized carbons (Fsp3) is 0.500. The van der Waals surface area contributed by atoms with E-state index in [1.165, 1.54) is 13.4 Å². The van der Waals surface area contributed by atoms with Gasteiger partial charge in [-0.3, -0.25) is 4.98 Å². The van der Waals surface area contributed by atoms with Gasteiger partial charge in [-0.15, -0.1) is 0 Å². The maximum atomic E-state index is 14.4. The lowest BCUT2D eigenvalue weighted by molar-refractivity contribution is 0.122. The van der Waals surface area contributed by atoms with E-state index in [1.807, 2.05) is 0 Å². The Morgan fingerprint density at radius 3 is 2.61 bits per heavy atom. The average Bonchev–Trinajstić information content (AvgIpc) is 2.87. The van der Waals surface area contributed by atoms with E-state index in [4.69, 9.17) is 14.2 Å². The summed E-state index contributed by atoms with van der Waals surface area (Å²) in [6.45, 7) is 3.14. The molecule has 1 aromatic carbocycles. The number of hydrogen-bond donors (Lipinski definition) is 0. The molecule has 2 aliphatic rings. The molecule has 174 valence electrons. The Morgan fingerprint density at radius 2 is 1.82 bits per heavy atom. The summed E-state index contributed by atoms with van der Waals surface area (Å²) in [5.41, 5.74) is 3.12. The van der Waals surface area contributed by atoms with E-state index >= 15 is 0 Å². The number of nitrogens with zero attached hydrogens (tertiary/aromatic N) is 5. The van der Waals surface area contributed by atoms with Crippen molar-refractivity contribution >= 4 is 16.7 Å². The molecule has 8 nitrogen and oxygen atoms in total. The monoisotopic (exact) mass is 453 g/mol. The van der Waals surface area contributed by atoms with Crippen LogP contribution in [0.4, 0.5) is 10.1 Å². The summed E-state index contributed by atoms with van der Waals surface area (Å²) in [6, 6.07) is 4.15. The second-order valence-electron chi connectivity index (χ2n) is 8.58. The van der Waals surface area contributed by atoms with Gasteiger partial charge in [0.05, 0.1) is 37.6 Å². The summed E-state index contributed by atoms with van der Waals surface area (Å²) in [7, 11) is 1.42. The first kappa shape index (κ1) is 21.8. The Labute approximate surface area is 192 Å². The van der Waals surface area contributed by atoms with Crippen LogP contribution in [0.2, 0.25) is 0 Å². The molecule has 0 amide bonds. The maximum Gasteiger partial charge on any atom is 0.253 e. The highest BCUT2D eigenvalue weighted by atomic mass is 19.1. The molecule has 0 radical (unpaired) electrons. The number of rotatable bonds is 6. The number of hydrogen-bond acceptors (Lipinski definition) is 8. The Balaban J connectivity index is 1.27. The molecule has 2 fully saturated rings. The van der Waals surface area contributed by atoms with Crippen LogP contribution in [-0.2, 0) is 11.2 Å². The third kappa shape index (κ3) is 4.83. The summed E-state index contributed by atoms with van der Waals surface area (Å²) in [6.07, 6.45) is 9.14. The molecule has 2 aromatic heterocycles. The van der Waals surface area contributed by atoms with Gasteiger partial charge < -0.3 is 19.1 Å². The number of fused-ring (bicyclic) bond motifs is 1. The predicted octanol–water partition coefficient (Wildman–Crippen LogP) is 3.58. The van der Waals surface area contributed by atoms with Crippen LogP contribution in [0.15, 0.2) is 30.9 Å². The number of aromatic nitrogens is 4. The van der Waals surface area contributed by atoms with E-state index in [0.717, 1.165) is 74.5 Å². The normalized spacial score (nSPS) is 21.2. The van der Waals surface area contributed by atoms with Crippen molar-refractivity contribution in [2.24, 2.45) is 5.92 Å². The molecular weight excluding hydrogens is 425 g/mol. The topological polar surface area (TPSA) is 82.5 Å². The summed E-state index contributed by atoms with van der Waals surface area (Å²) in [4.78, 5) is 19.3. The Hall–Kier alpha value is -3.07. The van der Waals surface area contributed by atoms with E-state index in [1.54, 1.807) is 12.4 Å². The van der Waals surface area contributed by atoms with Crippen LogP contribution in [0, 0.1) is 11.7 Å². The predicted molar refractivity (Wildman–Crippen MR) is 121 cm³/mol. The van der Waals surface area contributed by atoms with E-state index in [2.05, 4.69) is 37.0 Å². The lowest BCUT2D eigenvalue weighted by Crippen LogP contribution is -2.36. The summed E-state index contributed by atoms with van der Waals surface area (Å²) >= 11 is 0. The van der Waals surface area contributed by atoms with Crippen LogP contribution in [0.1, 0.15) is 31.4 Å². The van der Waals surface area contributed by atoms with Gasteiger partial charge in [-0.25, -0.2) is 9.97 Å². The van der Waals surface area contributed by atoms with Crippen molar-refractivity contribution in [3.63, 3.8) is 0 Å². The average molecular weight is 454 g/mol. The van der Waals surface area contributed by atoms with E-state index in [9.17, 15) is 4.39 Å². The van der Waals surface area contributed by atoms with Crippen molar-refractivity contribution in [2.75, 3.05) is 38.3 Å². The van der Waals surface area contributed by atoms with Gasteiger partial charge in [-0.1, -0.05) is 0 Å². The molecule has 1 aliphatic heterocycles. The van der Waals surface area contributed by atoms with Crippen molar-refractivity contribution < 1.29 is 18.6 Å². The Morgan fingerprint density at radius 1 is 1.03 bits per heavy atom. The molecule has 0 atom stereocenters. The smallest absolute Gasteiger partial charge is 0.253 e. The first-order chi connectivity index (χ1) is 16.2. The van der Waals surface area contributed by atoms with Gasteiger partial charge in [-0.05, 0) is 44.1 Å². The van der Waals surface area contributed by atoms with Gasteiger partial charge in [0, 0.05) is 37.2 Å². The number of halogens is 1. The molecule has 3 aromatic rings. The van der Waals surface area contributed by atoms with E-state index in [0.29, 0.717) is 18.0 Å². The van der Waals surface area contributed by atoms with Gasteiger partial charge in [0.15, 0.2) is 0 Å². The van der Waals surface area contributed by atoms with E-state index < -0.39 is 5.82 Å². The first-order valence-electron chi connectivity index (χ1n) is 11.5. The molecule has 1 saturated carbocycles. The standard InChI is InChI=1S/C24H28FN5O3/c1-31-24-22(25)19(28-15-29-24)12-16-2-4-18(5-3-16)33-21-14-17(30-8-10-32-11-9-30)13-20-23(21)27-7-6-26-20/h6-7,13-16,18H,2-5,8-12H2,1H3. The zero-order valence-electron chi connectivity index (χ0n) is 18.7. The highest BCUT2D eigenvalue weighted by molar-refractivity contribution is 5.85. The molecule has 1 saturated heterocycles. The van der Waals surface area contributed by atoms with Crippen molar-refractivity contribution in [1.29, 1.82) is 0 Å². The number of methoxy groups -OCH3 is 1. The van der Waals surface area contributed by atoms with Crippen LogP contribution in [0.5, 0.6) is 11.6 Å². The number of ether oxygens (including phenoxy) is 3. The lowest BCUT2D eigenvalue weighted by atomic mass is 9.84. The number of benzene rings is 1. The first-order valence-corrected chi connectivity index (χ1v) is 11.5. The zero-order chi connectivity index (χ0) is 22.6. The molecule has 9 heteroatoms. The molecule has 0 N–H and O–H groups in total. The lowest BCUT2D eigenvalue weighted by Gasteiger charge is -2.31. The zero-order valence-corrected chi connectivity index (χ0v) is 18.7. The largest absolute Gasteiger partial charge is 0.488 e. The molecule has 5 rings (SSSR count). The van der Waals surface area contributed by atoms with Gasteiger partial charge in [0.25, 0.3) is 5.88 Å². The van der Waals surface area contributed by atoms with Gasteiger partial charge in [0.2, 0.25) is 5.82 Å². The SMILES string of the molecule is COc1ncnc(CC2CCC(Oc3cc(N4CCOCC4)cc4nccnc34)CC2)c1F. The Bertz CT molecular complexity index is 1100. The van der Waals surface area contributed by atoms with Gasteiger partial charge in [0.1, 0.15) is 17.6 Å². The maximum absolute atomic E-state index is 14.4. The number of morpholine rings is 1. The fourth-order valence-corrected chi connectivity index (χ4v) is 4.70. The van der Waals surface area contributed by atoms with Crippen LogP contribution >= 0.6 is 0 Å². The number of anilines is 1. The van der Waals surface area contributed by atoms with Crippen molar-refractivity contribution in [1.82, 2.24) is 19.9 Å². The quantitative estimate of drug-likeness (QED) is 0.560. The highest BCUT2D eigenvalue weighted by Gasteiger charge is 2.26. The molecule has 0 spiro atoms. The molecule has 0 bridgehead atoms. The van der Waals surface area contributed by atoms with Crippen LogP contribution < -0.4 is 14.4 Å². The summed E-state index contributed by atoms with van der Waals surface area (Å²) in [5, 5.41) is 0. The molecular formula is C24H28FN5O3. The minimum Gasteiger partial charge on any atom is -0.488 e. The Kier molecular flexibility index (Phi) is 6.48. The molecule has 3 heterocycles. The fourth-order valence-electron chi connectivity index (χ4n) is 4.70. The van der Waals surface area contributed by atoms with Crippen molar-refractivity contribution in [3.8, 4) is 11.6 Å². The molecule has 33 heavy (non-hydrogen) atoms. The highest BCUT2D eigenvalue weighted by Crippen LogP contribution is 2.35. The summed E-state index contributed by atoms with van der Waals surface area (Å²) in [5.74, 6) is 0.681.